The van der Waals surface area contributed by atoms with E-state index in [4.69, 9.17) is 4.74 Å². The molecule has 0 saturated carbocycles. The smallest absolute Gasteiger partial charge is 0.338 e. The van der Waals surface area contributed by atoms with Gasteiger partial charge in [-0.15, -0.1) is 0 Å². The van der Waals surface area contributed by atoms with Gasteiger partial charge in [0.2, 0.25) is 0 Å². The molecule has 0 aliphatic carbocycles. The van der Waals surface area contributed by atoms with Crippen LogP contribution in [0.2, 0.25) is 0 Å². The SMILES string of the molecule is C=C(C)C(=O)Oc1cccc(C(C)(C)C)c1C(C)(C)C. The predicted octanol–water partition coefficient (Wildman–Crippen LogP) is 4.76. The Kier molecular flexibility index (Phi) is 4.48. The molecule has 1 rings (SSSR count). The number of carbonyl (C=O) groups is 1. The molecule has 0 fully saturated rings. The maximum absolute atomic E-state index is 11.8. The van der Waals surface area contributed by atoms with Crippen molar-refractivity contribution >= 4 is 5.97 Å². The van der Waals surface area contributed by atoms with Crippen LogP contribution in [0.1, 0.15) is 59.6 Å². The van der Waals surface area contributed by atoms with Crippen molar-refractivity contribution in [1.82, 2.24) is 0 Å². The molecule has 1 aromatic rings. The van der Waals surface area contributed by atoms with Gasteiger partial charge in [0.1, 0.15) is 5.75 Å². The van der Waals surface area contributed by atoms with Crippen molar-refractivity contribution in [2.75, 3.05) is 0 Å². The van der Waals surface area contributed by atoms with Crippen LogP contribution in [0.15, 0.2) is 30.4 Å². The highest BCUT2D eigenvalue weighted by molar-refractivity contribution is 5.89. The number of benzene rings is 1. The number of hydrogen-bond donors (Lipinski definition) is 0. The molecule has 1 aromatic carbocycles. The molecular formula is C18H26O2. The fourth-order valence-corrected chi connectivity index (χ4v) is 2.20. The Balaban J connectivity index is 3.46. The maximum atomic E-state index is 11.8. The van der Waals surface area contributed by atoms with Crippen LogP contribution in [0, 0.1) is 0 Å². The van der Waals surface area contributed by atoms with Gasteiger partial charge in [0.05, 0.1) is 0 Å². The molecule has 0 bridgehead atoms. The lowest BCUT2D eigenvalue weighted by Crippen LogP contribution is -2.24. The standard InChI is InChI=1S/C18H26O2/c1-12(2)16(19)20-14-11-9-10-13(17(3,4)5)15(14)18(6,7)8/h9-11H,1H2,2-8H3. The molecule has 20 heavy (non-hydrogen) atoms. The molecule has 0 heterocycles. The summed E-state index contributed by atoms with van der Waals surface area (Å²) >= 11 is 0. The lowest BCUT2D eigenvalue weighted by atomic mass is 9.75. The Morgan fingerprint density at radius 3 is 2.00 bits per heavy atom. The molecule has 0 radical (unpaired) electrons. The zero-order chi connectivity index (χ0) is 15.7. The summed E-state index contributed by atoms with van der Waals surface area (Å²) in [6, 6.07) is 5.91. The lowest BCUT2D eigenvalue weighted by molar-refractivity contribution is -0.130. The van der Waals surface area contributed by atoms with E-state index >= 15 is 0 Å². The minimum Gasteiger partial charge on any atom is -0.423 e. The van der Waals surface area contributed by atoms with Crippen LogP contribution in [-0.4, -0.2) is 5.97 Å². The van der Waals surface area contributed by atoms with Crippen LogP contribution in [0.4, 0.5) is 0 Å². The molecule has 110 valence electrons. The second kappa shape index (κ2) is 5.43. The fourth-order valence-electron chi connectivity index (χ4n) is 2.20. The van der Waals surface area contributed by atoms with E-state index in [9.17, 15) is 4.79 Å². The van der Waals surface area contributed by atoms with Gasteiger partial charge in [-0.2, -0.15) is 0 Å². The normalized spacial score (nSPS) is 12.2. The highest BCUT2D eigenvalue weighted by Gasteiger charge is 2.29. The number of rotatable bonds is 2. The summed E-state index contributed by atoms with van der Waals surface area (Å²) < 4.78 is 5.53. The minimum absolute atomic E-state index is 0.00570. The molecule has 0 amide bonds. The monoisotopic (exact) mass is 274 g/mol. The lowest BCUT2D eigenvalue weighted by Gasteiger charge is -2.31. The van der Waals surface area contributed by atoms with Gasteiger partial charge in [-0.3, -0.25) is 0 Å². The summed E-state index contributed by atoms with van der Waals surface area (Å²) in [5.41, 5.74) is 2.59. The second-order valence-corrected chi connectivity index (χ2v) is 7.35. The van der Waals surface area contributed by atoms with Gasteiger partial charge in [0, 0.05) is 11.1 Å². The maximum Gasteiger partial charge on any atom is 0.338 e. The number of ether oxygens (including phenoxy) is 1. The zero-order valence-corrected chi connectivity index (χ0v) is 13.8. The molecule has 0 spiro atoms. The quantitative estimate of drug-likeness (QED) is 0.441. The van der Waals surface area contributed by atoms with E-state index in [2.05, 4.69) is 54.2 Å². The van der Waals surface area contributed by atoms with Crippen molar-refractivity contribution in [2.45, 2.75) is 59.3 Å². The zero-order valence-electron chi connectivity index (χ0n) is 13.8. The summed E-state index contributed by atoms with van der Waals surface area (Å²) in [7, 11) is 0. The molecule has 0 aromatic heterocycles. The molecule has 0 saturated heterocycles. The summed E-state index contributed by atoms with van der Waals surface area (Å²) in [6.45, 7) is 18.2. The van der Waals surface area contributed by atoms with Crippen LogP contribution >= 0.6 is 0 Å². The van der Waals surface area contributed by atoms with Gasteiger partial charge in [0.15, 0.2) is 0 Å². The Hall–Kier alpha value is -1.57. The first-order valence-electron chi connectivity index (χ1n) is 6.96. The van der Waals surface area contributed by atoms with Crippen LogP contribution < -0.4 is 4.74 Å². The third-order valence-electron chi connectivity index (χ3n) is 3.14. The number of carbonyl (C=O) groups excluding carboxylic acids is 1. The van der Waals surface area contributed by atoms with E-state index in [-0.39, 0.29) is 16.8 Å². The van der Waals surface area contributed by atoms with Crippen molar-refractivity contribution in [3.8, 4) is 5.75 Å². The second-order valence-electron chi connectivity index (χ2n) is 7.35. The van der Waals surface area contributed by atoms with Gasteiger partial charge >= 0.3 is 5.97 Å². The first-order valence-corrected chi connectivity index (χ1v) is 6.96. The fraction of sp³-hybridized carbons (Fsp3) is 0.500. The molecule has 0 aliphatic heterocycles. The van der Waals surface area contributed by atoms with Gasteiger partial charge in [-0.1, -0.05) is 60.3 Å². The average Bonchev–Trinajstić information content (AvgIpc) is 2.25. The van der Waals surface area contributed by atoms with Crippen molar-refractivity contribution in [2.24, 2.45) is 0 Å². The first kappa shape index (κ1) is 16.5. The minimum atomic E-state index is -0.374. The number of esters is 1. The van der Waals surface area contributed by atoms with E-state index in [0.29, 0.717) is 11.3 Å². The highest BCUT2D eigenvalue weighted by atomic mass is 16.5. The molecule has 0 aliphatic rings. The summed E-state index contributed by atoms with van der Waals surface area (Å²) in [6.07, 6.45) is 0. The topological polar surface area (TPSA) is 26.3 Å². The Morgan fingerprint density at radius 2 is 1.60 bits per heavy atom. The molecule has 2 heteroatoms. The predicted molar refractivity (Wildman–Crippen MR) is 84.3 cm³/mol. The van der Waals surface area contributed by atoms with E-state index in [0.717, 1.165) is 5.56 Å². The van der Waals surface area contributed by atoms with Crippen LogP contribution in [0.3, 0.4) is 0 Å². The first-order chi connectivity index (χ1) is 8.94. The van der Waals surface area contributed by atoms with Gasteiger partial charge in [-0.05, 0) is 29.4 Å². The summed E-state index contributed by atoms with van der Waals surface area (Å²) in [5.74, 6) is 0.263. The van der Waals surface area contributed by atoms with Crippen molar-refractivity contribution < 1.29 is 9.53 Å². The molecule has 2 nitrogen and oxygen atoms in total. The molecule has 0 unspecified atom stereocenters. The summed E-state index contributed by atoms with van der Waals surface area (Å²) in [4.78, 5) is 11.8. The number of hydrogen-bond acceptors (Lipinski definition) is 2. The summed E-state index contributed by atoms with van der Waals surface area (Å²) in [5, 5.41) is 0. The molecular weight excluding hydrogens is 248 g/mol. The molecule has 0 N–H and O–H groups in total. The van der Waals surface area contributed by atoms with Crippen LogP contribution in [-0.2, 0) is 15.6 Å². The van der Waals surface area contributed by atoms with E-state index < -0.39 is 0 Å². The van der Waals surface area contributed by atoms with Gasteiger partial charge < -0.3 is 4.74 Å². The van der Waals surface area contributed by atoms with Crippen molar-refractivity contribution in [3.63, 3.8) is 0 Å². The third-order valence-corrected chi connectivity index (χ3v) is 3.14. The van der Waals surface area contributed by atoms with Gasteiger partial charge in [0.25, 0.3) is 0 Å². The van der Waals surface area contributed by atoms with Crippen LogP contribution in [0.25, 0.3) is 0 Å². The highest BCUT2D eigenvalue weighted by Crippen LogP contribution is 2.39. The van der Waals surface area contributed by atoms with Crippen molar-refractivity contribution in [3.05, 3.63) is 41.5 Å². The Labute approximate surface area is 122 Å². The average molecular weight is 274 g/mol. The van der Waals surface area contributed by atoms with Gasteiger partial charge in [-0.25, -0.2) is 4.79 Å². The van der Waals surface area contributed by atoms with Crippen molar-refractivity contribution in [1.29, 1.82) is 0 Å². The largest absolute Gasteiger partial charge is 0.423 e. The molecule has 0 atom stereocenters. The van der Waals surface area contributed by atoms with E-state index in [1.807, 2.05) is 12.1 Å². The van der Waals surface area contributed by atoms with E-state index in [1.54, 1.807) is 6.92 Å². The van der Waals surface area contributed by atoms with Crippen LogP contribution in [0.5, 0.6) is 5.75 Å². The van der Waals surface area contributed by atoms with E-state index in [1.165, 1.54) is 5.56 Å². The Bertz CT molecular complexity index is 525. The Morgan fingerprint density at radius 1 is 1.05 bits per heavy atom. The third kappa shape index (κ3) is 3.72.